The van der Waals surface area contributed by atoms with E-state index in [1.807, 2.05) is 0 Å². The second-order valence-corrected chi connectivity index (χ2v) is 5.21. The molecule has 0 radical (unpaired) electrons. The molecule has 1 aliphatic carbocycles. The highest BCUT2D eigenvalue weighted by Crippen LogP contribution is 2.30. The van der Waals surface area contributed by atoms with Gasteiger partial charge in [0.15, 0.2) is 0 Å². The summed E-state index contributed by atoms with van der Waals surface area (Å²) in [7, 11) is 0. The number of amides is 1. The lowest BCUT2D eigenvalue weighted by Crippen LogP contribution is -2.56. The van der Waals surface area contributed by atoms with E-state index in [1.54, 1.807) is 0 Å². The first-order valence-corrected chi connectivity index (χ1v) is 6.19. The lowest BCUT2D eigenvalue weighted by atomic mass is 9.82. The number of hydrogen-bond donors (Lipinski definition) is 1. The van der Waals surface area contributed by atoms with Gasteiger partial charge in [-0.25, -0.2) is 0 Å². The lowest BCUT2D eigenvalue weighted by molar-refractivity contribution is -0.136. The SMILES string of the molecule is CC1CN(C(=O)CC2CCC2)C(C)CN1.Cl. The molecule has 3 nitrogen and oxygen atoms in total. The summed E-state index contributed by atoms with van der Waals surface area (Å²) in [5.41, 5.74) is 0. The summed E-state index contributed by atoms with van der Waals surface area (Å²) >= 11 is 0. The number of hydrogen-bond acceptors (Lipinski definition) is 2. The van der Waals surface area contributed by atoms with Crippen LogP contribution in [0.4, 0.5) is 0 Å². The van der Waals surface area contributed by atoms with Crippen LogP contribution in [0.25, 0.3) is 0 Å². The third-order valence-corrected chi connectivity index (χ3v) is 3.77. The molecule has 1 amide bonds. The molecule has 0 bridgehead atoms. The lowest BCUT2D eigenvalue weighted by Gasteiger charge is -2.39. The van der Waals surface area contributed by atoms with Crippen molar-refractivity contribution in [3.8, 4) is 0 Å². The van der Waals surface area contributed by atoms with Crippen molar-refractivity contribution < 1.29 is 4.79 Å². The van der Waals surface area contributed by atoms with E-state index in [2.05, 4.69) is 24.1 Å². The number of nitrogens with one attached hydrogen (secondary N) is 1. The van der Waals surface area contributed by atoms with E-state index in [0.29, 0.717) is 23.9 Å². The highest BCUT2D eigenvalue weighted by atomic mass is 35.5. The fourth-order valence-corrected chi connectivity index (χ4v) is 2.43. The Morgan fingerprint density at radius 1 is 1.38 bits per heavy atom. The molecule has 1 saturated heterocycles. The van der Waals surface area contributed by atoms with Gasteiger partial charge >= 0.3 is 0 Å². The number of piperazine rings is 1. The van der Waals surface area contributed by atoms with Crippen molar-refractivity contribution in [1.82, 2.24) is 10.2 Å². The average Bonchev–Trinajstić information content (AvgIpc) is 2.15. The van der Waals surface area contributed by atoms with E-state index < -0.39 is 0 Å². The molecule has 1 N–H and O–H groups in total. The van der Waals surface area contributed by atoms with Crippen LogP contribution in [0.1, 0.15) is 39.5 Å². The summed E-state index contributed by atoms with van der Waals surface area (Å²) in [5, 5.41) is 3.40. The zero-order valence-corrected chi connectivity index (χ0v) is 11.1. The van der Waals surface area contributed by atoms with Crippen LogP contribution in [-0.4, -0.2) is 36.0 Å². The van der Waals surface area contributed by atoms with Gasteiger partial charge in [-0.3, -0.25) is 4.79 Å². The van der Waals surface area contributed by atoms with E-state index in [9.17, 15) is 4.79 Å². The molecule has 0 spiro atoms. The van der Waals surface area contributed by atoms with E-state index in [-0.39, 0.29) is 12.4 Å². The maximum atomic E-state index is 12.1. The number of rotatable bonds is 2. The molecule has 4 heteroatoms. The molecule has 2 atom stereocenters. The molecule has 0 aromatic rings. The fraction of sp³-hybridized carbons (Fsp3) is 0.917. The molecule has 1 heterocycles. The molecule has 94 valence electrons. The third-order valence-electron chi connectivity index (χ3n) is 3.77. The second kappa shape index (κ2) is 5.87. The summed E-state index contributed by atoms with van der Waals surface area (Å²) < 4.78 is 0. The molecule has 2 fully saturated rings. The maximum Gasteiger partial charge on any atom is 0.223 e. The topological polar surface area (TPSA) is 32.3 Å². The van der Waals surface area contributed by atoms with Crippen LogP contribution in [0.15, 0.2) is 0 Å². The van der Waals surface area contributed by atoms with Crippen molar-refractivity contribution in [2.75, 3.05) is 13.1 Å². The highest BCUT2D eigenvalue weighted by Gasteiger charge is 2.29. The Kier molecular flexibility index (Phi) is 5.06. The number of carbonyl (C=O) groups excluding carboxylic acids is 1. The minimum Gasteiger partial charge on any atom is -0.337 e. The Morgan fingerprint density at radius 2 is 2.06 bits per heavy atom. The van der Waals surface area contributed by atoms with Gasteiger partial charge in [0.05, 0.1) is 0 Å². The van der Waals surface area contributed by atoms with Gasteiger partial charge in [-0.05, 0) is 32.6 Å². The van der Waals surface area contributed by atoms with E-state index in [0.717, 1.165) is 19.5 Å². The average molecular weight is 247 g/mol. The highest BCUT2D eigenvalue weighted by molar-refractivity contribution is 5.85. The van der Waals surface area contributed by atoms with Gasteiger partial charge in [0.1, 0.15) is 0 Å². The molecule has 0 aromatic heterocycles. The van der Waals surface area contributed by atoms with Crippen molar-refractivity contribution in [2.24, 2.45) is 5.92 Å². The number of nitrogens with zero attached hydrogens (tertiary/aromatic N) is 1. The van der Waals surface area contributed by atoms with Crippen molar-refractivity contribution in [1.29, 1.82) is 0 Å². The van der Waals surface area contributed by atoms with Gasteiger partial charge in [-0.1, -0.05) is 6.42 Å². The van der Waals surface area contributed by atoms with Gasteiger partial charge < -0.3 is 10.2 Å². The maximum absolute atomic E-state index is 12.1. The van der Waals surface area contributed by atoms with Gasteiger partial charge in [0.25, 0.3) is 0 Å². The smallest absolute Gasteiger partial charge is 0.223 e. The molecule has 1 saturated carbocycles. The van der Waals surface area contributed by atoms with E-state index in [4.69, 9.17) is 0 Å². The molecule has 2 rings (SSSR count). The van der Waals surface area contributed by atoms with Crippen LogP contribution in [0.3, 0.4) is 0 Å². The molecular formula is C12H23ClN2O. The first-order valence-electron chi connectivity index (χ1n) is 6.19. The third kappa shape index (κ3) is 3.11. The van der Waals surface area contributed by atoms with E-state index >= 15 is 0 Å². The summed E-state index contributed by atoms with van der Waals surface area (Å²) in [5.74, 6) is 1.07. The monoisotopic (exact) mass is 246 g/mol. The van der Waals surface area contributed by atoms with Crippen LogP contribution in [0, 0.1) is 5.92 Å². The Bertz CT molecular complexity index is 243. The van der Waals surface area contributed by atoms with Crippen LogP contribution >= 0.6 is 12.4 Å². The zero-order chi connectivity index (χ0) is 10.8. The van der Waals surface area contributed by atoms with Gasteiger partial charge in [-0.15, -0.1) is 12.4 Å². The molecule has 16 heavy (non-hydrogen) atoms. The van der Waals surface area contributed by atoms with Crippen LogP contribution in [0.2, 0.25) is 0 Å². The first kappa shape index (κ1) is 13.8. The first-order chi connectivity index (χ1) is 7.16. The predicted molar refractivity (Wildman–Crippen MR) is 67.8 cm³/mol. The Balaban J connectivity index is 0.00000128. The Hall–Kier alpha value is -0.280. The number of halogens is 1. The summed E-state index contributed by atoms with van der Waals surface area (Å²) in [4.78, 5) is 14.1. The second-order valence-electron chi connectivity index (χ2n) is 5.21. The van der Waals surface area contributed by atoms with Gasteiger partial charge in [0, 0.05) is 31.6 Å². The molecular weight excluding hydrogens is 224 g/mol. The van der Waals surface area contributed by atoms with Gasteiger partial charge in [0.2, 0.25) is 5.91 Å². The summed E-state index contributed by atoms with van der Waals surface area (Å²) in [6, 6.07) is 0.820. The Morgan fingerprint density at radius 3 is 2.62 bits per heavy atom. The van der Waals surface area contributed by atoms with Crippen molar-refractivity contribution in [3.63, 3.8) is 0 Å². The summed E-state index contributed by atoms with van der Waals surface area (Å²) in [6.45, 7) is 6.11. The van der Waals surface area contributed by atoms with Gasteiger partial charge in [-0.2, -0.15) is 0 Å². The van der Waals surface area contributed by atoms with E-state index in [1.165, 1.54) is 19.3 Å². The zero-order valence-electron chi connectivity index (χ0n) is 10.2. The largest absolute Gasteiger partial charge is 0.337 e. The van der Waals surface area contributed by atoms with Crippen molar-refractivity contribution >= 4 is 18.3 Å². The molecule has 2 unspecified atom stereocenters. The summed E-state index contributed by atoms with van der Waals surface area (Å²) in [6.07, 6.45) is 4.64. The normalized spacial score (nSPS) is 30.5. The standard InChI is InChI=1S/C12H22N2O.ClH/c1-9-8-14(10(2)7-13-9)12(15)6-11-4-3-5-11;/h9-11,13H,3-8H2,1-2H3;1H. The van der Waals surface area contributed by atoms with Crippen LogP contribution < -0.4 is 5.32 Å². The van der Waals surface area contributed by atoms with Crippen LogP contribution in [-0.2, 0) is 4.79 Å². The number of carbonyl (C=O) groups is 1. The minimum atomic E-state index is 0. The Labute approximate surface area is 104 Å². The molecule has 1 aliphatic heterocycles. The molecule has 0 aromatic carbocycles. The minimum absolute atomic E-state index is 0. The van der Waals surface area contributed by atoms with Crippen LogP contribution in [0.5, 0.6) is 0 Å². The van der Waals surface area contributed by atoms with Crippen molar-refractivity contribution in [2.45, 2.75) is 51.6 Å². The predicted octanol–water partition coefficient (Wildman–Crippen LogP) is 1.81. The fourth-order valence-electron chi connectivity index (χ4n) is 2.43. The quantitative estimate of drug-likeness (QED) is 0.806. The molecule has 2 aliphatic rings. The van der Waals surface area contributed by atoms with Crippen molar-refractivity contribution in [3.05, 3.63) is 0 Å².